The Bertz CT molecular complexity index is 228. The number of carbonyl (C=O) groups is 1. The van der Waals surface area contributed by atoms with E-state index >= 15 is 0 Å². The fourth-order valence-corrected chi connectivity index (χ4v) is 1.66. The summed E-state index contributed by atoms with van der Waals surface area (Å²) in [5.41, 5.74) is -0.852. The number of hydrogen-bond donors (Lipinski definition) is 2. The van der Waals surface area contributed by atoms with Gasteiger partial charge < -0.3 is 19.9 Å². The summed E-state index contributed by atoms with van der Waals surface area (Å²) in [6.07, 6.45) is 2.44. The first kappa shape index (κ1) is 13.4. The third-order valence-corrected chi connectivity index (χ3v) is 3.09. The molecule has 1 saturated heterocycles. The second-order valence-electron chi connectivity index (χ2n) is 4.35. The van der Waals surface area contributed by atoms with Crippen LogP contribution in [0.5, 0.6) is 0 Å². The molecule has 0 aromatic heterocycles. The predicted molar refractivity (Wildman–Crippen MR) is 59.5 cm³/mol. The van der Waals surface area contributed by atoms with Crippen molar-refractivity contribution in [3.8, 4) is 0 Å². The summed E-state index contributed by atoms with van der Waals surface area (Å²) in [6, 6.07) is 0. The van der Waals surface area contributed by atoms with Crippen molar-refractivity contribution in [1.29, 1.82) is 0 Å². The van der Waals surface area contributed by atoms with Gasteiger partial charge in [0.25, 0.3) is 0 Å². The number of rotatable bonds is 7. The molecule has 0 aromatic carbocycles. The lowest BCUT2D eigenvalue weighted by Crippen LogP contribution is -2.47. The number of carboxylic acids is 1. The number of aliphatic carboxylic acids is 1. The van der Waals surface area contributed by atoms with Crippen molar-refractivity contribution in [3.05, 3.63) is 0 Å². The Labute approximate surface area is 96.1 Å². The molecule has 0 bridgehead atoms. The average Bonchev–Trinajstić information content (AvgIpc) is 2.76. The third-order valence-electron chi connectivity index (χ3n) is 3.09. The van der Waals surface area contributed by atoms with Crippen LogP contribution in [-0.2, 0) is 14.3 Å². The van der Waals surface area contributed by atoms with E-state index in [9.17, 15) is 4.79 Å². The molecule has 1 aliphatic heterocycles. The molecule has 0 amide bonds. The molecule has 1 fully saturated rings. The van der Waals surface area contributed by atoms with Crippen LogP contribution in [0.3, 0.4) is 0 Å². The first-order valence-corrected chi connectivity index (χ1v) is 5.70. The van der Waals surface area contributed by atoms with Crippen molar-refractivity contribution in [2.24, 2.45) is 0 Å². The zero-order chi connectivity index (χ0) is 12.0. The Hall–Kier alpha value is -0.650. The largest absolute Gasteiger partial charge is 0.480 e. The van der Waals surface area contributed by atoms with Gasteiger partial charge in [0.2, 0.25) is 0 Å². The number of carboxylic acid groups (broad SMARTS) is 1. The number of likely N-dealkylation sites (N-methyl/N-ethyl adjacent to an activating group) is 1. The van der Waals surface area contributed by atoms with Gasteiger partial charge in [-0.2, -0.15) is 0 Å². The standard InChI is InChI=1S/C11H21NO4/c1-11(12-2,10(13)14)5-3-6-16-9-4-7-15-8-9/h9,12H,3-8H2,1-2H3,(H,13,14). The number of hydrogen-bond acceptors (Lipinski definition) is 4. The van der Waals surface area contributed by atoms with Crippen molar-refractivity contribution in [2.75, 3.05) is 26.9 Å². The lowest BCUT2D eigenvalue weighted by molar-refractivity contribution is -0.144. The molecule has 1 heterocycles. The Morgan fingerprint density at radius 3 is 2.94 bits per heavy atom. The highest BCUT2D eigenvalue weighted by Crippen LogP contribution is 2.14. The highest BCUT2D eigenvalue weighted by molar-refractivity contribution is 5.78. The first-order chi connectivity index (χ1) is 7.58. The second kappa shape index (κ2) is 6.18. The molecule has 0 aliphatic carbocycles. The van der Waals surface area contributed by atoms with E-state index in [1.807, 2.05) is 0 Å². The number of ether oxygens (including phenoxy) is 2. The fourth-order valence-electron chi connectivity index (χ4n) is 1.66. The molecule has 16 heavy (non-hydrogen) atoms. The lowest BCUT2D eigenvalue weighted by Gasteiger charge is -2.24. The SMILES string of the molecule is CNC(C)(CCCOC1CCOC1)C(=O)O. The van der Waals surface area contributed by atoms with E-state index in [1.165, 1.54) is 0 Å². The molecule has 94 valence electrons. The zero-order valence-corrected chi connectivity index (χ0v) is 9.99. The summed E-state index contributed by atoms with van der Waals surface area (Å²) in [4.78, 5) is 11.0. The van der Waals surface area contributed by atoms with Gasteiger partial charge in [0.05, 0.1) is 12.7 Å². The van der Waals surface area contributed by atoms with Crippen molar-refractivity contribution in [3.63, 3.8) is 0 Å². The Balaban J connectivity index is 2.15. The predicted octanol–water partition coefficient (Wildman–Crippen LogP) is 0.635. The first-order valence-electron chi connectivity index (χ1n) is 5.70. The van der Waals surface area contributed by atoms with Crippen molar-refractivity contribution >= 4 is 5.97 Å². The van der Waals surface area contributed by atoms with E-state index in [-0.39, 0.29) is 6.10 Å². The van der Waals surface area contributed by atoms with Crippen molar-refractivity contribution < 1.29 is 19.4 Å². The maximum absolute atomic E-state index is 11.0. The molecule has 0 saturated carbocycles. The van der Waals surface area contributed by atoms with Gasteiger partial charge in [-0.1, -0.05) is 0 Å². The highest BCUT2D eigenvalue weighted by Gasteiger charge is 2.30. The topological polar surface area (TPSA) is 67.8 Å². The molecular formula is C11H21NO4. The quantitative estimate of drug-likeness (QED) is 0.629. The summed E-state index contributed by atoms with van der Waals surface area (Å²) in [6.45, 7) is 3.73. The molecule has 0 aromatic rings. The van der Waals surface area contributed by atoms with Crippen LogP contribution < -0.4 is 5.32 Å². The van der Waals surface area contributed by atoms with Crippen LogP contribution in [-0.4, -0.2) is 49.6 Å². The molecule has 1 aliphatic rings. The van der Waals surface area contributed by atoms with Gasteiger partial charge in [-0.05, 0) is 33.2 Å². The molecule has 1 rings (SSSR count). The molecule has 2 unspecified atom stereocenters. The Kier molecular flexibility index (Phi) is 5.18. The van der Waals surface area contributed by atoms with E-state index in [1.54, 1.807) is 14.0 Å². The van der Waals surface area contributed by atoms with Gasteiger partial charge in [0, 0.05) is 13.2 Å². The summed E-state index contributed by atoms with van der Waals surface area (Å²) >= 11 is 0. The molecular weight excluding hydrogens is 210 g/mol. The molecule has 2 N–H and O–H groups in total. The summed E-state index contributed by atoms with van der Waals surface area (Å²) in [5.74, 6) is -0.820. The van der Waals surface area contributed by atoms with Crippen LogP contribution in [0.4, 0.5) is 0 Å². The van der Waals surface area contributed by atoms with E-state index in [4.69, 9.17) is 14.6 Å². The third kappa shape index (κ3) is 3.73. The van der Waals surface area contributed by atoms with Gasteiger partial charge in [-0.3, -0.25) is 4.79 Å². The van der Waals surface area contributed by atoms with Crippen LogP contribution in [0.25, 0.3) is 0 Å². The minimum absolute atomic E-state index is 0.200. The van der Waals surface area contributed by atoms with Crippen molar-refractivity contribution in [2.45, 2.75) is 37.8 Å². The maximum Gasteiger partial charge on any atom is 0.323 e. The van der Waals surface area contributed by atoms with E-state index in [0.29, 0.717) is 19.6 Å². The van der Waals surface area contributed by atoms with Crippen LogP contribution in [0.15, 0.2) is 0 Å². The summed E-state index contributed by atoms with van der Waals surface area (Å²) in [7, 11) is 1.67. The normalized spacial score (nSPS) is 24.2. The van der Waals surface area contributed by atoms with Gasteiger partial charge in [-0.25, -0.2) is 0 Å². The van der Waals surface area contributed by atoms with Gasteiger partial charge in [0.15, 0.2) is 0 Å². The maximum atomic E-state index is 11.0. The van der Waals surface area contributed by atoms with Crippen LogP contribution in [0.1, 0.15) is 26.2 Å². The molecule has 2 atom stereocenters. The zero-order valence-electron chi connectivity index (χ0n) is 9.99. The minimum Gasteiger partial charge on any atom is -0.480 e. The van der Waals surface area contributed by atoms with E-state index in [2.05, 4.69) is 5.32 Å². The second-order valence-corrected chi connectivity index (χ2v) is 4.35. The Morgan fingerprint density at radius 1 is 1.69 bits per heavy atom. The molecule has 5 nitrogen and oxygen atoms in total. The summed E-state index contributed by atoms with van der Waals surface area (Å²) in [5, 5.41) is 11.8. The van der Waals surface area contributed by atoms with Crippen LogP contribution in [0, 0.1) is 0 Å². The number of nitrogens with one attached hydrogen (secondary N) is 1. The van der Waals surface area contributed by atoms with E-state index < -0.39 is 11.5 Å². The summed E-state index contributed by atoms with van der Waals surface area (Å²) < 4.78 is 10.8. The Morgan fingerprint density at radius 2 is 2.44 bits per heavy atom. The van der Waals surface area contributed by atoms with Crippen molar-refractivity contribution in [1.82, 2.24) is 5.32 Å². The monoisotopic (exact) mass is 231 g/mol. The van der Waals surface area contributed by atoms with Gasteiger partial charge in [-0.15, -0.1) is 0 Å². The van der Waals surface area contributed by atoms with Crippen LogP contribution >= 0.6 is 0 Å². The minimum atomic E-state index is -0.852. The van der Waals surface area contributed by atoms with Gasteiger partial charge in [0.1, 0.15) is 5.54 Å². The molecule has 0 spiro atoms. The average molecular weight is 231 g/mol. The molecule has 0 radical (unpaired) electrons. The van der Waals surface area contributed by atoms with E-state index in [0.717, 1.165) is 19.4 Å². The van der Waals surface area contributed by atoms with Gasteiger partial charge >= 0.3 is 5.97 Å². The lowest BCUT2D eigenvalue weighted by atomic mass is 9.96. The fraction of sp³-hybridized carbons (Fsp3) is 0.909. The smallest absolute Gasteiger partial charge is 0.323 e. The highest BCUT2D eigenvalue weighted by atomic mass is 16.5. The molecule has 5 heteroatoms. The van der Waals surface area contributed by atoms with Crippen LogP contribution in [0.2, 0.25) is 0 Å².